The van der Waals surface area contributed by atoms with Gasteiger partial charge in [0.2, 0.25) is 11.9 Å². The fraction of sp³-hybridized carbons (Fsp3) is 0.138. The summed E-state index contributed by atoms with van der Waals surface area (Å²) in [5, 5.41) is 0.627. The highest BCUT2D eigenvalue weighted by Gasteiger charge is 2.21. The molecule has 180 valence electrons. The van der Waals surface area contributed by atoms with E-state index in [2.05, 4.69) is 9.88 Å². The molecule has 2 heterocycles. The van der Waals surface area contributed by atoms with Gasteiger partial charge in [-0.2, -0.15) is 0 Å². The standard InChI is InChI=1S/C29H25ClN4O2/c30-26-9-5-4-6-22(26)12-15-28(35)33-18-20-34(21-19-33)29-31-17-16-27(32-29)23-10-13-25(14-11-23)36-24-7-2-1-3-8-24/h1-17H,18-21H2/b15-12+. The summed E-state index contributed by atoms with van der Waals surface area (Å²) in [5.74, 6) is 2.20. The monoisotopic (exact) mass is 496 g/mol. The Morgan fingerprint density at radius 2 is 1.53 bits per heavy atom. The molecule has 3 aromatic carbocycles. The number of carbonyl (C=O) groups is 1. The number of rotatable bonds is 6. The second-order valence-corrected chi connectivity index (χ2v) is 8.76. The molecule has 6 nitrogen and oxygen atoms in total. The molecule has 5 rings (SSSR count). The van der Waals surface area contributed by atoms with E-state index in [4.69, 9.17) is 21.3 Å². The summed E-state index contributed by atoms with van der Waals surface area (Å²) in [5.41, 5.74) is 2.65. The minimum absolute atomic E-state index is 0.0259. The molecule has 1 aliphatic heterocycles. The molecule has 0 spiro atoms. The topological polar surface area (TPSA) is 58.6 Å². The summed E-state index contributed by atoms with van der Waals surface area (Å²) in [6.45, 7) is 2.54. The second-order valence-electron chi connectivity index (χ2n) is 8.35. The van der Waals surface area contributed by atoms with Crippen molar-refractivity contribution in [1.29, 1.82) is 0 Å². The second kappa shape index (κ2) is 11.1. The molecule has 0 bridgehead atoms. The molecular weight excluding hydrogens is 472 g/mol. The van der Waals surface area contributed by atoms with Gasteiger partial charge in [0.05, 0.1) is 5.69 Å². The van der Waals surface area contributed by atoms with Gasteiger partial charge in [0.1, 0.15) is 11.5 Å². The number of aromatic nitrogens is 2. The van der Waals surface area contributed by atoms with Gasteiger partial charge in [-0.25, -0.2) is 9.97 Å². The van der Waals surface area contributed by atoms with Crippen LogP contribution >= 0.6 is 11.6 Å². The third-order valence-corrected chi connectivity index (χ3v) is 6.30. The molecule has 7 heteroatoms. The van der Waals surface area contributed by atoms with Crippen LogP contribution in [0.2, 0.25) is 5.02 Å². The van der Waals surface area contributed by atoms with Crippen LogP contribution in [0.1, 0.15) is 5.56 Å². The predicted molar refractivity (Wildman–Crippen MR) is 143 cm³/mol. The predicted octanol–water partition coefficient (Wildman–Crippen LogP) is 5.95. The number of benzene rings is 3. The highest BCUT2D eigenvalue weighted by molar-refractivity contribution is 6.32. The Morgan fingerprint density at radius 1 is 0.833 bits per heavy atom. The molecule has 0 atom stereocenters. The number of piperazine rings is 1. The van der Waals surface area contributed by atoms with Crippen molar-refractivity contribution in [2.24, 2.45) is 0 Å². The number of amides is 1. The maximum absolute atomic E-state index is 12.6. The molecule has 1 aromatic heterocycles. The van der Waals surface area contributed by atoms with Gasteiger partial charge < -0.3 is 14.5 Å². The molecule has 1 amide bonds. The molecule has 0 radical (unpaired) electrons. The van der Waals surface area contributed by atoms with Crippen LogP contribution in [-0.2, 0) is 4.79 Å². The van der Waals surface area contributed by atoms with Crippen molar-refractivity contribution in [2.75, 3.05) is 31.1 Å². The van der Waals surface area contributed by atoms with E-state index in [0.29, 0.717) is 37.1 Å². The number of ether oxygens (including phenoxy) is 1. The van der Waals surface area contributed by atoms with Gasteiger partial charge in [-0.3, -0.25) is 4.79 Å². The van der Waals surface area contributed by atoms with E-state index in [1.165, 1.54) is 0 Å². The number of carbonyl (C=O) groups excluding carboxylic acids is 1. The van der Waals surface area contributed by atoms with Gasteiger partial charge in [-0.1, -0.05) is 48.0 Å². The van der Waals surface area contributed by atoms with Gasteiger partial charge in [0.15, 0.2) is 0 Å². The minimum atomic E-state index is -0.0259. The van der Waals surface area contributed by atoms with Crippen molar-refractivity contribution in [1.82, 2.24) is 14.9 Å². The van der Waals surface area contributed by atoms with Crippen LogP contribution in [0.15, 0.2) is 97.2 Å². The van der Waals surface area contributed by atoms with Crippen molar-refractivity contribution in [3.63, 3.8) is 0 Å². The average molecular weight is 497 g/mol. The van der Waals surface area contributed by atoms with E-state index in [1.807, 2.05) is 89.8 Å². The van der Waals surface area contributed by atoms with Crippen LogP contribution in [0.25, 0.3) is 17.3 Å². The van der Waals surface area contributed by atoms with E-state index in [1.54, 1.807) is 18.3 Å². The average Bonchev–Trinajstić information content (AvgIpc) is 2.94. The van der Waals surface area contributed by atoms with Gasteiger partial charge in [-0.05, 0) is 60.2 Å². The zero-order chi connectivity index (χ0) is 24.7. The summed E-state index contributed by atoms with van der Waals surface area (Å²) in [4.78, 5) is 25.8. The minimum Gasteiger partial charge on any atom is -0.457 e. The fourth-order valence-electron chi connectivity index (χ4n) is 3.98. The van der Waals surface area contributed by atoms with Crippen molar-refractivity contribution in [2.45, 2.75) is 0 Å². The number of halogens is 1. The summed E-state index contributed by atoms with van der Waals surface area (Å²) in [7, 11) is 0. The number of nitrogens with zero attached hydrogens (tertiary/aromatic N) is 4. The van der Waals surface area contributed by atoms with E-state index >= 15 is 0 Å². The third kappa shape index (κ3) is 5.73. The smallest absolute Gasteiger partial charge is 0.246 e. The van der Waals surface area contributed by atoms with Crippen LogP contribution in [0.4, 0.5) is 5.95 Å². The first-order valence-electron chi connectivity index (χ1n) is 11.8. The Morgan fingerprint density at radius 3 is 2.28 bits per heavy atom. The molecule has 1 fully saturated rings. The summed E-state index contributed by atoms with van der Waals surface area (Å²) in [6, 6.07) is 26.9. The first-order chi connectivity index (χ1) is 17.7. The quantitative estimate of drug-likeness (QED) is 0.309. The largest absolute Gasteiger partial charge is 0.457 e. The van der Waals surface area contributed by atoms with E-state index < -0.39 is 0 Å². The Hall–Kier alpha value is -4.16. The van der Waals surface area contributed by atoms with Gasteiger partial charge in [0, 0.05) is 49.0 Å². The maximum Gasteiger partial charge on any atom is 0.246 e. The van der Waals surface area contributed by atoms with Gasteiger partial charge in [0.25, 0.3) is 0 Å². The Labute approximate surface area is 215 Å². The number of hydrogen-bond donors (Lipinski definition) is 0. The summed E-state index contributed by atoms with van der Waals surface area (Å²) in [6.07, 6.45) is 5.12. The van der Waals surface area contributed by atoms with E-state index in [-0.39, 0.29) is 5.91 Å². The fourth-order valence-corrected chi connectivity index (χ4v) is 4.18. The lowest BCUT2D eigenvalue weighted by Crippen LogP contribution is -2.48. The highest BCUT2D eigenvalue weighted by Crippen LogP contribution is 2.26. The third-order valence-electron chi connectivity index (χ3n) is 5.96. The lowest BCUT2D eigenvalue weighted by Gasteiger charge is -2.34. The maximum atomic E-state index is 12.6. The van der Waals surface area contributed by atoms with Crippen molar-refractivity contribution in [3.8, 4) is 22.8 Å². The van der Waals surface area contributed by atoms with Gasteiger partial charge >= 0.3 is 0 Å². The lowest BCUT2D eigenvalue weighted by atomic mass is 10.1. The molecule has 4 aromatic rings. The molecule has 36 heavy (non-hydrogen) atoms. The van der Waals surface area contributed by atoms with Crippen molar-refractivity contribution in [3.05, 3.63) is 108 Å². The summed E-state index contributed by atoms with van der Waals surface area (Å²) < 4.78 is 5.88. The first-order valence-corrected chi connectivity index (χ1v) is 12.2. The number of hydrogen-bond acceptors (Lipinski definition) is 5. The van der Waals surface area contributed by atoms with Gasteiger partial charge in [-0.15, -0.1) is 0 Å². The van der Waals surface area contributed by atoms with E-state index in [9.17, 15) is 4.79 Å². The molecule has 1 aliphatic rings. The van der Waals surface area contributed by atoms with Crippen molar-refractivity contribution >= 4 is 29.5 Å². The number of anilines is 1. The molecule has 0 saturated carbocycles. The normalized spacial score (nSPS) is 13.7. The van der Waals surface area contributed by atoms with Crippen LogP contribution in [0, 0.1) is 0 Å². The zero-order valence-electron chi connectivity index (χ0n) is 19.6. The Kier molecular flexibility index (Phi) is 7.24. The summed E-state index contributed by atoms with van der Waals surface area (Å²) >= 11 is 6.18. The number of para-hydroxylation sites is 1. The zero-order valence-corrected chi connectivity index (χ0v) is 20.4. The molecule has 0 unspecified atom stereocenters. The SMILES string of the molecule is O=C(/C=C/c1ccccc1Cl)N1CCN(c2nccc(-c3ccc(Oc4ccccc4)cc3)n2)CC1. The molecule has 0 aliphatic carbocycles. The Balaban J connectivity index is 1.20. The van der Waals surface area contributed by atoms with Crippen LogP contribution in [-0.4, -0.2) is 47.0 Å². The van der Waals surface area contributed by atoms with Crippen molar-refractivity contribution < 1.29 is 9.53 Å². The van der Waals surface area contributed by atoms with E-state index in [0.717, 1.165) is 28.3 Å². The first kappa shape index (κ1) is 23.6. The van der Waals surface area contributed by atoms with Crippen LogP contribution in [0.5, 0.6) is 11.5 Å². The molecular formula is C29H25ClN4O2. The lowest BCUT2D eigenvalue weighted by molar-refractivity contribution is -0.126. The molecule has 0 N–H and O–H groups in total. The van der Waals surface area contributed by atoms with Crippen LogP contribution in [0.3, 0.4) is 0 Å². The Bertz CT molecular complexity index is 1350. The van der Waals surface area contributed by atoms with Crippen LogP contribution < -0.4 is 9.64 Å². The molecule has 1 saturated heterocycles. The highest BCUT2D eigenvalue weighted by atomic mass is 35.5.